The smallest absolute Gasteiger partial charge is 0.121 e. The van der Waals surface area contributed by atoms with E-state index in [9.17, 15) is 5.26 Å². The fourth-order valence-corrected chi connectivity index (χ4v) is 3.42. The molecule has 3 rings (SSSR count). The zero-order valence-electron chi connectivity index (χ0n) is 12.0. The largest absolute Gasteiger partial charge is 0.497 e. The minimum Gasteiger partial charge on any atom is -0.497 e. The molecule has 2 fully saturated rings. The number of nitrogens with zero attached hydrogens (tertiary/aromatic N) is 3. The van der Waals surface area contributed by atoms with Crippen molar-refractivity contribution in [2.75, 3.05) is 38.2 Å². The van der Waals surface area contributed by atoms with Crippen LogP contribution < -0.4 is 9.64 Å². The Bertz CT molecular complexity index is 523. The van der Waals surface area contributed by atoms with Crippen LogP contribution >= 0.6 is 0 Å². The van der Waals surface area contributed by atoms with E-state index in [0.29, 0.717) is 6.04 Å². The fraction of sp³-hybridized carbons (Fsp3) is 0.562. The molecule has 1 aromatic carbocycles. The summed E-state index contributed by atoms with van der Waals surface area (Å²) in [4.78, 5) is 4.98. The lowest BCUT2D eigenvalue weighted by Gasteiger charge is -2.28. The Morgan fingerprint density at radius 2 is 2.10 bits per heavy atom. The maximum Gasteiger partial charge on any atom is 0.121 e. The first kappa shape index (κ1) is 13.3. The van der Waals surface area contributed by atoms with Crippen molar-refractivity contribution in [2.24, 2.45) is 0 Å². The normalized spacial score (nSPS) is 23.0. The highest BCUT2D eigenvalue weighted by Gasteiger charge is 2.29. The predicted octanol–water partition coefficient (Wildman–Crippen LogP) is 2.24. The first-order valence-corrected chi connectivity index (χ1v) is 7.39. The molecule has 2 heterocycles. The highest BCUT2D eigenvalue weighted by Crippen LogP contribution is 2.29. The third-order valence-corrected chi connectivity index (χ3v) is 4.47. The SMILES string of the molecule is COc1ccc(C#N)c(N2CCCN3CCCC3C2)c1. The molecule has 1 aromatic rings. The van der Waals surface area contributed by atoms with Crippen LogP contribution in [0.2, 0.25) is 0 Å². The molecule has 0 saturated carbocycles. The van der Waals surface area contributed by atoms with Gasteiger partial charge in [-0.3, -0.25) is 4.90 Å². The zero-order valence-corrected chi connectivity index (χ0v) is 12.0. The quantitative estimate of drug-likeness (QED) is 0.827. The summed E-state index contributed by atoms with van der Waals surface area (Å²) in [7, 11) is 1.67. The molecule has 1 unspecified atom stereocenters. The number of hydrogen-bond acceptors (Lipinski definition) is 4. The second kappa shape index (κ2) is 5.72. The van der Waals surface area contributed by atoms with Crippen molar-refractivity contribution in [1.29, 1.82) is 5.26 Å². The highest BCUT2D eigenvalue weighted by molar-refractivity contribution is 5.62. The van der Waals surface area contributed by atoms with Gasteiger partial charge in [-0.1, -0.05) is 0 Å². The minimum absolute atomic E-state index is 0.648. The molecule has 1 atom stereocenters. The molecule has 20 heavy (non-hydrogen) atoms. The zero-order chi connectivity index (χ0) is 13.9. The van der Waals surface area contributed by atoms with Crippen LogP contribution in [-0.4, -0.2) is 44.2 Å². The van der Waals surface area contributed by atoms with Crippen LogP contribution in [0, 0.1) is 11.3 Å². The number of ether oxygens (including phenoxy) is 1. The standard InChI is InChI=1S/C16H21N3O/c1-20-15-6-5-13(11-17)16(10-15)19-9-3-8-18-7-2-4-14(18)12-19/h5-6,10,14H,2-4,7-9,12H2,1H3. The van der Waals surface area contributed by atoms with Gasteiger partial charge in [-0.25, -0.2) is 0 Å². The predicted molar refractivity (Wildman–Crippen MR) is 79.1 cm³/mol. The Morgan fingerprint density at radius 1 is 1.25 bits per heavy atom. The second-order valence-electron chi connectivity index (χ2n) is 5.63. The summed E-state index contributed by atoms with van der Waals surface area (Å²) >= 11 is 0. The van der Waals surface area contributed by atoms with E-state index in [-0.39, 0.29) is 0 Å². The lowest BCUT2D eigenvalue weighted by Crippen LogP contribution is -2.36. The Labute approximate surface area is 120 Å². The van der Waals surface area contributed by atoms with Gasteiger partial charge in [0.05, 0.1) is 18.4 Å². The molecular formula is C16H21N3O. The maximum atomic E-state index is 9.34. The van der Waals surface area contributed by atoms with Crippen LogP contribution in [0.15, 0.2) is 18.2 Å². The van der Waals surface area contributed by atoms with Gasteiger partial charge in [-0.05, 0) is 37.9 Å². The van der Waals surface area contributed by atoms with Crippen molar-refractivity contribution < 1.29 is 4.74 Å². The van der Waals surface area contributed by atoms with Crippen LogP contribution in [-0.2, 0) is 0 Å². The molecule has 0 bridgehead atoms. The van der Waals surface area contributed by atoms with Gasteiger partial charge < -0.3 is 9.64 Å². The third-order valence-electron chi connectivity index (χ3n) is 4.47. The molecule has 0 N–H and O–H groups in total. The minimum atomic E-state index is 0.648. The van der Waals surface area contributed by atoms with Crippen molar-refractivity contribution >= 4 is 5.69 Å². The van der Waals surface area contributed by atoms with Gasteiger partial charge in [0.25, 0.3) is 0 Å². The van der Waals surface area contributed by atoms with Crippen molar-refractivity contribution in [3.63, 3.8) is 0 Å². The summed E-state index contributed by atoms with van der Waals surface area (Å²) in [6.07, 6.45) is 3.75. The number of rotatable bonds is 2. The summed E-state index contributed by atoms with van der Waals surface area (Å²) in [6, 6.07) is 8.69. The topological polar surface area (TPSA) is 39.5 Å². The first-order chi connectivity index (χ1) is 9.81. The van der Waals surface area contributed by atoms with Crippen LogP contribution in [0.5, 0.6) is 5.75 Å². The number of hydrogen-bond donors (Lipinski definition) is 0. The van der Waals surface area contributed by atoms with Gasteiger partial charge in [-0.15, -0.1) is 0 Å². The van der Waals surface area contributed by atoms with Gasteiger partial charge in [0.2, 0.25) is 0 Å². The van der Waals surface area contributed by atoms with E-state index in [1.54, 1.807) is 7.11 Å². The van der Waals surface area contributed by atoms with Crippen molar-refractivity contribution in [2.45, 2.75) is 25.3 Å². The van der Waals surface area contributed by atoms with E-state index >= 15 is 0 Å². The summed E-state index contributed by atoms with van der Waals surface area (Å²) in [5.41, 5.74) is 1.78. The molecule has 0 spiro atoms. The lowest BCUT2D eigenvalue weighted by molar-refractivity contribution is 0.273. The molecule has 2 aliphatic rings. The second-order valence-corrected chi connectivity index (χ2v) is 5.63. The molecule has 2 aliphatic heterocycles. The highest BCUT2D eigenvalue weighted by atomic mass is 16.5. The molecule has 2 saturated heterocycles. The molecule has 0 aromatic heterocycles. The van der Waals surface area contributed by atoms with Gasteiger partial charge in [0.15, 0.2) is 0 Å². The molecule has 0 aliphatic carbocycles. The Hall–Kier alpha value is -1.73. The maximum absolute atomic E-state index is 9.34. The van der Waals surface area contributed by atoms with Gasteiger partial charge in [-0.2, -0.15) is 5.26 Å². The van der Waals surface area contributed by atoms with E-state index in [4.69, 9.17) is 4.74 Å². The first-order valence-electron chi connectivity index (χ1n) is 7.39. The van der Waals surface area contributed by atoms with Gasteiger partial charge in [0.1, 0.15) is 11.8 Å². The molecule has 106 valence electrons. The van der Waals surface area contributed by atoms with Crippen LogP contribution in [0.4, 0.5) is 5.69 Å². The number of methoxy groups -OCH3 is 1. The van der Waals surface area contributed by atoms with Crippen molar-refractivity contribution in [3.05, 3.63) is 23.8 Å². The molecule has 0 radical (unpaired) electrons. The summed E-state index contributed by atoms with van der Waals surface area (Å²) in [5.74, 6) is 0.825. The Morgan fingerprint density at radius 3 is 2.90 bits per heavy atom. The number of nitriles is 1. The van der Waals surface area contributed by atoms with Crippen LogP contribution in [0.25, 0.3) is 0 Å². The van der Waals surface area contributed by atoms with E-state index in [1.165, 1.54) is 32.4 Å². The number of fused-ring (bicyclic) bond motifs is 1. The average molecular weight is 271 g/mol. The average Bonchev–Trinajstić information content (AvgIpc) is 2.83. The van der Waals surface area contributed by atoms with Gasteiger partial charge in [0, 0.05) is 31.7 Å². The number of benzene rings is 1. The van der Waals surface area contributed by atoms with E-state index < -0.39 is 0 Å². The van der Waals surface area contributed by atoms with Crippen molar-refractivity contribution in [1.82, 2.24) is 4.90 Å². The Kier molecular flexibility index (Phi) is 3.79. The van der Waals surface area contributed by atoms with Crippen LogP contribution in [0.3, 0.4) is 0 Å². The van der Waals surface area contributed by atoms with Crippen molar-refractivity contribution in [3.8, 4) is 11.8 Å². The molecule has 0 amide bonds. The summed E-state index contributed by atoms with van der Waals surface area (Å²) in [5, 5.41) is 9.34. The van der Waals surface area contributed by atoms with E-state index in [0.717, 1.165) is 30.1 Å². The van der Waals surface area contributed by atoms with Gasteiger partial charge >= 0.3 is 0 Å². The fourth-order valence-electron chi connectivity index (χ4n) is 3.42. The van der Waals surface area contributed by atoms with E-state index in [1.807, 2.05) is 18.2 Å². The number of anilines is 1. The lowest BCUT2D eigenvalue weighted by atomic mass is 10.1. The molecule has 4 nitrogen and oxygen atoms in total. The summed E-state index contributed by atoms with van der Waals surface area (Å²) in [6.45, 7) is 4.48. The monoisotopic (exact) mass is 271 g/mol. The molecule has 4 heteroatoms. The summed E-state index contributed by atoms with van der Waals surface area (Å²) < 4.78 is 5.32. The van der Waals surface area contributed by atoms with E-state index in [2.05, 4.69) is 15.9 Å². The molecular weight excluding hydrogens is 250 g/mol. The Balaban J connectivity index is 1.89. The van der Waals surface area contributed by atoms with Crippen LogP contribution in [0.1, 0.15) is 24.8 Å². The third kappa shape index (κ3) is 2.46.